The molecule has 1 amide bonds. The third-order valence-electron chi connectivity index (χ3n) is 6.70. The van der Waals surface area contributed by atoms with Crippen molar-refractivity contribution in [1.82, 2.24) is 15.3 Å². The van der Waals surface area contributed by atoms with E-state index in [0.29, 0.717) is 71.9 Å². The Morgan fingerprint density at radius 2 is 1.66 bits per heavy atom. The van der Waals surface area contributed by atoms with Crippen molar-refractivity contribution in [3.8, 4) is 28.6 Å². The number of methoxy groups -OCH3 is 3. The molecule has 2 heterocycles. The van der Waals surface area contributed by atoms with Crippen molar-refractivity contribution < 1.29 is 23.4 Å². The summed E-state index contributed by atoms with van der Waals surface area (Å²) in [4.78, 5) is 26.6. The molecule has 0 unspecified atom stereocenters. The van der Waals surface area contributed by atoms with Crippen LogP contribution in [-0.4, -0.2) is 69.4 Å². The molecule has 1 aromatic heterocycles. The lowest BCUT2D eigenvalue weighted by atomic mass is 10.1. The third kappa shape index (κ3) is 5.58. The van der Waals surface area contributed by atoms with Gasteiger partial charge in [-0.2, -0.15) is 0 Å². The number of halogens is 1. The van der Waals surface area contributed by atoms with Gasteiger partial charge in [-0.3, -0.25) is 4.79 Å². The summed E-state index contributed by atoms with van der Waals surface area (Å²) >= 11 is 0. The smallest absolute Gasteiger partial charge is 0.256 e. The first kappa shape index (κ1) is 27.0. The first-order valence-electron chi connectivity index (χ1n) is 12.6. The van der Waals surface area contributed by atoms with E-state index in [1.54, 1.807) is 51.8 Å². The molecule has 1 aliphatic heterocycles. The lowest BCUT2D eigenvalue weighted by Crippen LogP contribution is -2.48. The maximum absolute atomic E-state index is 14.4. The second kappa shape index (κ2) is 12.0. The lowest BCUT2D eigenvalue weighted by Gasteiger charge is -2.37. The van der Waals surface area contributed by atoms with Gasteiger partial charge in [-0.15, -0.1) is 0 Å². The van der Waals surface area contributed by atoms with Crippen molar-refractivity contribution in [2.24, 2.45) is 0 Å². The topological polar surface area (TPSA) is 89.0 Å². The summed E-state index contributed by atoms with van der Waals surface area (Å²) in [7, 11) is 4.63. The van der Waals surface area contributed by atoms with Crippen LogP contribution in [0, 0.1) is 5.82 Å². The van der Waals surface area contributed by atoms with E-state index in [4.69, 9.17) is 19.2 Å². The molecule has 10 heteroatoms. The molecular formula is C28H34FN5O4. The zero-order valence-corrected chi connectivity index (χ0v) is 22.5. The molecule has 4 rings (SSSR count). The van der Waals surface area contributed by atoms with E-state index in [1.165, 1.54) is 6.07 Å². The van der Waals surface area contributed by atoms with Crippen LogP contribution in [0.4, 0.5) is 15.9 Å². The Kier molecular flexibility index (Phi) is 8.50. The van der Waals surface area contributed by atoms with Crippen LogP contribution < -0.4 is 29.3 Å². The number of rotatable bonds is 9. The van der Waals surface area contributed by atoms with Crippen LogP contribution in [0.25, 0.3) is 11.4 Å². The summed E-state index contributed by atoms with van der Waals surface area (Å²) in [5, 5.41) is 3.02. The van der Waals surface area contributed by atoms with Crippen molar-refractivity contribution in [1.29, 1.82) is 0 Å². The van der Waals surface area contributed by atoms with Gasteiger partial charge >= 0.3 is 0 Å². The maximum Gasteiger partial charge on any atom is 0.256 e. The highest BCUT2D eigenvalue weighted by Crippen LogP contribution is 2.41. The molecule has 0 spiro atoms. The van der Waals surface area contributed by atoms with Gasteiger partial charge in [0.1, 0.15) is 17.2 Å². The number of para-hydroxylation sites is 1. The van der Waals surface area contributed by atoms with Crippen LogP contribution >= 0.6 is 0 Å². The summed E-state index contributed by atoms with van der Waals surface area (Å²) in [6, 6.07) is 10.3. The lowest BCUT2D eigenvalue weighted by molar-refractivity contribution is 0.0939. The zero-order valence-electron chi connectivity index (χ0n) is 22.5. The van der Waals surface area contributed by atoms with Crippen LogP contribution in [-0.2, 0) is 0 Å². The normalized spacial score (nSPS) is 14.2. The van der Waals surface area contributed by atoms with Gasteiger partial charge < -0.3 is 29.3 Å². The summed E-state index contributed by atoms with van der Waals surface area (Å²) in [5.74, 6) is 1.87. The van der Waals surface area contributed by atoms with Crippen molar-refractivity contribution >= 4 is 17.4 Å². The summed E-state index contributed by atoms with van der Waals surface area (Å²) in [5.41, 5.74) is 1.61. The number of hydrogen-bond acceptors (Lipinski definition) is 8. The molecule has 1 aliphatic rings. The van der Waals surface area contributed by atoms with E-state index in [2.05, 4.69) is 10.3 Å². The molecule has 1 fully saturated rings. The molecule has 1 N–H and O–H groups in total. The Bertz CT molecular complexity index is 1250. The Morgan fingerprint density at radius 1 is 1.03 bits per heavy atom. The van der Waals surface area contributed by atoms with Crippen LogP contribution in [0.2, 0.25) is 0 Å². The molecular weight excluding hydrogens is 489 g/mol. The molecule has 2 aromatic carbocycles. The molecule has 0 bridgehead atoms. The Balaban J connectivity index is 1.70. The van der Waals surface area contributed by atoms with Gasteiger partial charge in [0.2, 0.25) is 5.75 Å². The minimum Gasteiger partial charge on any atom is -0.493 e. The van der Waals surface area contributed by atoms with Gasteiger partial charge in [-0.05, 0) is 37.6 Å². The average molecular weight is 524 g/mol. The number of nitrogens with one attached hydrogen (secondary N) is 1. The molecule has 202 valence electrons. The second-order valence-electron chi connectivity index (χ2n) is 9.05. The quantitative estimate of drug-likeness (QED) is 0.447. The number of ether oxygens (including phenoxy) is 3. The van der Waals surface area contributed by atoms with Gasteiger partial charge in [0, 0.05) is 44.0 Å². The van der Waals surface area contributed by atoms with Gasteiger partial charge in [0.05, 0.1) is 27.0 Å². The maximum atomic E-state index is 14.4. The molecule has 9 nitrogen and oxygen atoms in total. The predicted molar refractivity (Wildman–Crippen MR) is 145 cm³/mol. The van der Waals surface area contributed by atoms with E-state index in [9.17, 15) is 9.18 Å². The fourth-order valence-corrected chi connectivity index (χ4v) is 4.39. The third-order valence-corrected chi connectivity index (χ3v) is 6.70. The van der Waals surface area contributed by atoms with E-state index < -0.39 is 0 Å². The molecule has 3 aromatic rings. The zero-order chi connectivity index (χ0) is 27.2. The number of nitrogens with zero attached hydrogens (tertiary/aromatic N) is 4. The van der Waals surface area contributed by atoms with E-state index in [1.807, 2.05) is 29.7 Å². The van der Waals surface area contributed by atoms with Crippen LogP contribution in [0.3, 0.4) is 0 Å². The number of carbonyl (C=O) groups is 1. The number of amides is 1. The summed E-state index contributed by atoms with van der Waals surface area (Å²) < 4.78 is 30.8. The molecule has 0 radical (unpaired) electrons. The first-order valence-corrected chi connectivity index (χ1v) is 12.6. The van der Waals surface area contributed by atoms with Crippen molar-refractivity contribution in [3.63, 3.8) is 0 Å². The molecule has 1 atom stereocenters. The number of hydrogen-bond donors (Lipinski definition) is 1. The minimum atomic E-state index is -0.249. The van der Waals surface area contributed by atoms with E-state index >= 15 is 0 Å². The van der Waals surface area contributed by atoms with Crippen LogP contribution in [0.1, 0.15) is 30.6 Å². The van der Waals surface area contributed by atoms with Gasteiger partial charge in [-0.25, -0.2) is 14.4 Å². The molecule has 0 saturated carbocycles. The first-order chi connectivity index (χ1) is 18.4. The predicted octanol–water partition coefficient (Wildman–Crippen LogP) is 4.16. The van der Waals surface area contributed by atoms with Gasteiger partial charge in [0.15, 0.2) is 17.3 Å². The van der Waals surface area contributed by atoms with Crippen molar-refractivity contribution in [2.45, 2.75) is 26.3 Å². The standard InChI is InChI=1S/C28H34FN5O4/c1-6-18(2)31-28(35)20-17-30-26(19-15-23(36-3)25(38-5)24(16-19)37-4)32-27(20)34-13-11-33(12-14-34)22-10-8-7-9-21(22)29/h7-10,15-18H,6,11-14H2,1-5H3,(H,31,35)/t18-/m1/s1. The SMILES string of the molecule is CC[C@@H](C)NC(=O)c1cnc(-c2cc(OC)c(OC)c(OC)c2)nc1N1CCN(c2ccccc2F)CC1. The number of benzene rings is 2. The second-order valence-corrected chi connectivity index (χ2v) is 9.05. The molecule has 1 saturated heterocycles. The fraction of sp³-hybridized carbons (Fsp3) is 0.393. The van der Waals surface area contributed by atoms with Crippen LogP contribution in [0.15, 0.2) is 42.6 Å². The average Bonchev–Trinajstić information content (AvgIpc) is 2.96. The Hall–Kier alpha value is -4.08. The van der Waals surface area contributed by atoms with E-state index in [-0.39, 0.29) is 17.8 Å². The molecule has 38 heavy (non-hydrogen) atoms. The monoisotopic (exact) mass is 523 g/mol. The summed E-state index contributed by atoms with van der Waals surface area (Å²) in [6.07, 6.45) is 2.36. The highest BCUT2D eigenvalue weighted by atomic mass is 19.1. The minimum absolute atomic E-state index is 0.00282. The van der Waals surface area contributed by atoms with Crippen molar-refractivity contribution in [3.05, 3.63) is 54.0 Å². The van der Waals surface area contributed by atoms with Gasteiger partial charge in [-0.1, -0.05) is 19.1 Å². The molecule has 0 aliphatic carbocycles. The highest BCUT2D eigenvalue weighted by Gasteiger charge is 2.26. The Morgan fingerprint density at radius 3 is 2.24 bits per heavy atom. The van der Waals surface area contributed by atoms with E-state index in [0.717, 1.165) is 6.42 Å². The largest absolute Gasteiger partial charge is 0.493 e. The number of anilines is 2. The summed E-state index contributed by atoms with van der Waals surface area (Å²) in [6.45, 7) is 6.24. The fourth-order valence-electron chi connectivity index (χ4n) is 4.39. The van der Waals surface area contributed by atoms with Crippen LogP contribution in [0.5, 0.6) is 17.2 Å². The highest BCUT2D eigenvalue weighted by molar-refractivity contribution is 5.99. The number of piperazine rings is 1. The number of aromatic nitrogens is 2. The Labute approximate surface area is 222 Å². The van der Waals surface area contributed by atoms with Gasteiger partial charge in [0.25, 0.3) is 5.91 Å². The number of carbonyl (C=O) groups excluding carboxylic acids is 1. The van der Waals surface area contributed by atoms with Crippen molar-refractivity contribution in [2.75, 3.05) is 57.3 Å².